The largest absolute Gasteiger partial charge is 0.332 e. The molecule has 3 nitrogen and oxygen atoms in total. The normalized spacial score (nSPS) is 18.1. The molecule has 0 fully saturated rings. The quantitative estimate of drug-likeness (QED) is 0.825. The summed E-state index contributed by atoms with van der Waals surface area (Å²) in [7, 11) is -1.03. The zero-order chi connectivity index (χ0) is 12.6. The van der Waals surface area contributed by atoms with Gasteiger partial charge in [0, 0.05) is 40.1 Å². The number of rotatable bonds is 3. The molecule has 0 saturated carbocycles. The van der Waals surface area contributed by atoms with Gasteiger partial charge in [0.05, 0.1) is 0 Å². The molecule has 4 heteroatoms. The van der Waals surface area contributed by atoms with Gasteiger partial charge in [0.2, 0.25) is 0 Å². The van der Waals surface area contributed by atoms with Crippen molar-refractivity contribution in [1.29, 1.82) is 0 Å². The number of nitrogens with zero attached hydrogens (tertiary/aromatic N) is 1. The Morgan fingerprint density at radius 2 is 2.18 bits per heavy atom. The number of carbonyl (C=O) groups excluding carboxylic acids is 1. The van der Waals surface area contributed by atoms with Crippen LogP contribution in [0.15, 0.2) is 23.1 Å². The van der Waals surface area contributed by atoms with Gasteiger partial charge in [-0.3, -0.25) is 9.00 Å². The fraction of sp³-hybridized carbons (Fsp3) is 0.462. The third kappa shape index (κ3) is 2.14. The molecule has 2 unspecified atom stereocenters. The molecule has 92 valence electrons. The lowest BCUT2D eigenvalue weighted by molar-refractivity contribution is 0.0713. The van der Waals surface area contributed by atoms with Crippen molar-refractivity contribution in [1.82, 2.24) is 4.90 Å². The predicted molar refractivity (Wildman–Crippen MR) is 68.4 cm³/mol. The van der Waals surface area contributed by atoms with Crippen molar-refractivity contribution in [2.45, 2.75) is 37.8 Å². The van der Waals surface area contributed by atoms with Crippen molar-refractivity contribution in [3.05, 3.63) is 29.3 Å². The van der Waals surface area contributed by atoms with Crippen LogP contribution in [-0.2, 0) is 17.3 Å². The van der Waals surface area contributed by atoms with Crippen LogP contribution >= 0.6 is 0 Å². The van der Waals surface area contributed by atoms with E-state index in [9.17, 15) is 9.00 Å². The van der Waals surface area contributed by atoms with Gasteiger partial charge in [-0.05, 0) is 31.0 Å². The van der Waals surface area contributed by atoms with E-state index in [0.29, 0.717) is 6.54 Å². The third-order valence-electron chi connectivity index (χ3n) is 3.37. The van der Waals surface area contributed by atoms with Gasteiger partial charge in [-0.2, -0.15) is 0 Å². The molecule has 1 aromatic carbocycles. The third-order valence-corrected chi connectivity index (χ3v) is 4.29. The topological polar surface area (TPSA) is 37.4 Å². The summed E-state index contributed by atoms with van der Waals surface area (Å²) in [5.41, 5.74) is 1.77. The summed E-state index contributed by atoms with van der Waals surface area (Å²) in [4.78, 5) is 14.8. The molecule has 0 aromatic heterocycles. The number of amides is 1. The fourth-order valence-corrected chi connectivity index (χ4v) is 2.60. The zero-order valence-electron chi connectivity index (χ0n) is 10.4. The second-order valence-corrected chi connectivity index (χ2v) is 5.84. The van der Waals surface area contributed by atoms with Crippen LogP contribution in [0, 0.1) is 0 Å². The molecule has 1 heterocycles. The van der Waals surface area contributed by atoms with Gasteiger partial charge in [0.25, 0.3) is 5.91 Å². The van der Waals surface area contributed by atoms with Crippen molar-refractivity contribution >= 4 is 16.7 Å². The number of fused-ring (bicyclic) bond motifs is 1. The Balaban J connectivity index is 2.36. The van der Waals surface area contributed by atoms with Crippen LogP contribution in [0.2, 0.25) is 0 Å². The van der Waals surface area contributed by atoms with Crippen LogP contribution in [0.5, 0.6) is 0 Å². The maximum absolute atomic E-state index is 12.2. The molecule has 0 spiro atoms. The van der Waals surface area contributed by atoms with Gasteiger partial charge in [0.1, 0.15) is 0 Å². The summed E-state index contributed by atoms with van der Waals surface area (Å²) in [5.74, 6) is 0.0710. The van der Waals surface area contributed by atoms with E-state index in [4.69, 9.17) is 0 Å². The Hall–Kier alpha value is -1.16. The van der Waals surface area contributed by atoms with E-state index < -0.39 is 10.8 Å². The number of hydrogen-bond donors (Lipinski definition) is 0. The van der Waals surface area contributed by atoms with Gasteiger partial charge >= 0.3 is 0 Å². The molecule has 2 atom stereocenters. The minimum absolute atomic E-state index is 0.0710. The Morgan fingerprint density at radius 3 is 2.76 bits per heavy atom. The maximum Gasteiger partial charge on any atom is 0.254 e. The van der Waals surface area contributed by atoms with E-state index in [1.54, 1.807) is 12.3 Å². The highest BCUT2D eigenvalue weighted by molar-refractivity contribution is 7.84. The number of benzene rings is 1. The summed E-state index contributed by atoms with van der Waals surface area (Å²) in [6.07, 6.45) is 2.58. The Morgan fingerprint density at radius 1 is 1.47 bits per heavy atom. The molecular formula is C13H17NO2S. The summed E-state index contributed by atoms with van der Waals surface area (Å²) < 4.78 is 11.4. The lowest BCUT2D eigenvalue weighted by Gasteiger charge is -2.22. The van der Waals surface area contributed by atoms with Gasteiger partial charge in [-0.1, -0.05) is 13.0 Å². The Bertz CT molecular complexity index is 484. The molecule has 2 rings (SSSR count). The van der Waals surface area contributed by atoms with Crippen LogP contribution < -0.4 is 0 Å². The number of carbonyl (C=O) groups is 1. The second-order valence-electron chi connectivity index (χ2n) is 4.46. The average Bonchev–Trinajstić information content (AvgIpc) is 2.65. The van der Waals surface area contributed by atoms with Gasteiger partial charge in [0.15, 0.2) is 0 Å². The van der Waals surface area contributed by atoms with Crippen LogP contribution in [0.4, 0.5) is 0 Å². The highest BCUT2D eigenvalue weighted by Crippen LogP contribution is 2.27. The molecule has 0 saturated heterocycles. The highest BCUT2D eigenvalue weighted by Gasteiger charge is 2.30. The smallest absolute Gasteiger partial charge is 0.254 e. The first-order chi connectivity index (χ1) is 8.04. The van der Waals surface area contributed by atoms with E-state index in [1.807, 2.05) is 17.0 Å². The van der Waals surface area contributed by atoms with Crippen molar-refractivity contribution in [2.24, 2.45) is 0 Å². The van der Waals surface area contributed by atoms with Crippen LogP contribution in [0.25, 0.3) is 0 Å². The average molecular weight is 251 g/mol. The Kier molecular flexibility index (Phi) is 3.33. The van der Waals surface area contributed by atoms with Crippen molar-refractivity contribution in [3.8, 4) is 0 Å². The maximum atomic E-state index is 12.2. The molecule has 1 amide bonds. The fourth-order valence-electron chi connectivity index (χ4n) is 2.06. The number of hydrogen-bond acceptors (Lipinski definition) is 2. The lowest BCUT2D eigenvalue weighted by atomic mass is 10.1. The summed E-state index contributed by atoms with van der Waals surface area (Å²) in [6, 6.07) is 5.80. The standard InChI is InChI=1S/C13H17NO2S/c1-4-9(2)14-8-10-5-6-11(17(3)16)7-12(10)13(14)15/h5-7,9H,4,8H2,1-3H3. The minimum atomic E-state index is -1.03. The summed E-state index contributed by atoms with van der Waals surface area (Å²) in [6.45, 7) is 4.82. The van der Waals surface area contributed by atoms with E-state index in [-0.39, 0.29) is 11.9 Å². The van der Waals surface area contributed by atoms with Crippen LogP contribution in [0.1, 0.15) is 36.2 Å². The second kappa shape index (κ2) is 4.61. The van der Waals surface area contributed by atoms with Gasteiger partial charge in [-0.25, -0.2) is 0 Å². The van der Waals surface area contributed by atoms with E-state index in [0.717, 1.165) is 22.4 Å². The first-order valence-electron chi connectivity index (χ1n) is 5.82. The first kappa shape index (κ1) is 12.3. The monoisotopic (exact) mass is 251 g/mol. The van der Waals surface area contributed by atoms with Gasteiger partial charge in [-0.15, -0.1) is 0 Å². The summed E-state index contributed by atoms with van der Waals surface area (Å²) >= 11 is 0. The molecule has 1 aromatic rings. The molecule has 0 bridgehead atoms. The molecule has 1 aliphatic rings. The zero-order valence-corrected chi connectivity index (χ0v) is 11.2. The van der Waals surface area contributed by atoms with Crippen molar-refractivity contribution in [3.63, 3.8) is 0 Å². The van der Waals surface area contributed by atoms with Crippen molar-refractivity contribution in [2.75, 3.05) is 6.26 Å². The van der Waals surface area contributed by atoms with E-state index in [1.165, 1.54) is 0 Å². The SMILES string of the molecule is CCC(C)N1Cc2ccc(S(C)=O)cc2C1=O. The highest BCUT2D eigenvalue weighted by atomic mass is 32.2. The van der Waals surface area contributed by atoms with Gasteiger partial charge < -0.3 is 4.90 Å². The summed E-state index contributed by atoms with van der Waals surface area (Å²) in [5, 5.41) is 0. The first-order valence-corrected chi connectivity index (χ1v) is 7.37. The Labute approximate surface area is 104 Å². The molecular weight excluding hydrogens is 234 g/mol. The predicted octanol–water partition coefficient (Wildman–Crippen LogP) is 2.18. The molecule has 0 N–H and O–H groups in total. The minimum Gasteiger partial charge on any atom is -0.332 e. The van der Waals surface area contributed by atoms with Crippen LogP contribution in [0.3, 0.4) is 0 Å². The molecule has 17 heavy (non-hydrogen) atoms. The van der Waals surface area contributed by atoms with E-state index in [2.05, 4.69) is 13.8 Å². The lowest BCUT2D eigenvalue weighted by Crippen LogP contribution is -2.32. The van der Waals surface area contributed by atoms with Crippen molar-refractivity contribution < 1.29 is 9.00 Å². The van der Waals surface area contributed by atoms with E-state index >= 15 is 0 Å². The molecule has 0 radical (unpaired) electrons. The molecule has 0 aliphatic carbocycles. The van der Waals surface area contributed by atoms with Crippen LogP contribution in [-0.4, -0.2) is 27.3 Å². The molecule has 1 aliphatic heterocycles.